The summed E-state index contributed by atoms with van der Waals surface area (Å²) >= 11 is 0. The van der Waals surface area contributed by atoms with Crippen LogP contribution < -0.4 is 5.32 Å². The van der Waals surface area contributed by atoms with Crippen LogP contribution in [-0.4, -0.2) is 22.6 Å². The van der Waals surface area contributed by atoms with Gasteiger partial charge in [0.25, 0.3) is 0 Å². The van der Waals surface area contributed by atoms with Gasteiger partial charge in [-0.1, -0.05) is 6.07 Å². The number of carboxylic acid groups (broad SMARTS) is 1. The van der Waals surface area contributed by atoms with E-state index in [2.05, 4.69) is 10.3 Å². The number of rotatable bonds is 5. The van der Waals surface area contributed by atoms with Gasteiger partial charge in [0, 0.05) is 20.0 Å². The summed E-state index contributed by atoms with van der Waals surface area (Å²) in [5, 5.41) is 12.3. The Hall–Kier alpha value is -1.88. The van der Waals surface area contributed by atoms with Gasteiger partial charge >= 0.3 is 5.97 Å². The van der Waals surface area contributed by atoms with Gasteiger partial charge in [0.1, 0.15) is 5.52 Å². The molecule has 5 heteroatoms. The van der Waals surface area contributed by atoms with Crippen molar-refractivity contribution in [1.82, 2.24) is 10.3 Å². The Kier molecular flexibility index (Phi) is 2.78. The molecule has 1 aromatic carbocycles. The number of hydrogen-bond acceptors (Lipinski definition) is 4. The molecule has 3 rings (SSSR count). The molecule has 0 bridgehead atoms. The Bertz CT molecular complexity index is 629. The average Bonchev–Trinajstić information content (AvgIpc) is 3.05. The smallest absolute Gasteiger partial charge is 0.310 e. The van der Waals surface area contributed by atoms with Gasteiger partial charge in [0.15, 0.2) is 11.5 Å². The van der Waals surface area contributed by atoms with Crippen molar-refractivity contribution in [2.75, 3.05) is 6.54 Å². The minimum Gasteiger partial charge on any atom is -0.481 e. The molecule has 0 atom stereocenters. The maximum atomic E-state index is 11.0. The van der Waals surface area contributed by atoms with Gasteiger partial charge in [-0.05, 0) is 30.5 Å². The van der Waals surface area contributed by atoms with E-state index in [4.69, 9.17) is 9.52 Å². The van der Waals surface area contributed by atoms with Crippen molar-refractivity contribution >= 4 is 17.1 Å². The number of benzene rings is 1. The topological polar surface area (TPSA) is 75.4 Å². The van der Waals surface area contributed by atoms with Crippen LogP contribution in [0, 0.1) is 12.3 Å². The van der Waals surface area contributed by atoms with E-state index in [1.54, 1.807) is 0 Å². The van der Waals surface area contributed by atoms with Gasteiger partial charge in [-0.15, -0.1) is 0 Å². The van der Waals surface area contributed by atoms with Crippen LogP contribution in [0.2, 0.25) is 0 Å². The van der Waals surface area contributed by atoms with Crippen molar-refractivity contribution in [3.05, 3.63) is 29.7 Å². The first-order valence-corrected chi connectivity index (χ1v) is 6.39. The second kappa shape index (κ2) is 4.35. The molecule has 5 nitrogen and oxygen atoms in total. The predicted octanol–water partition coefficient (Wildman–Crippen LogP) is 2.09. The fourth-order valence-electron chi connectivity index (χ4n) is 2.26. The fourth-order valence-corrected chi connectivity index (χ4v) is 2.26. The van der Waals surface area contributed by atoms with Crippen molar-refractivity contribution < 1.29 is 14.3 Å². The number of aromatic nitrogens is 1. The molecule has 1 saturated carbocycles. The number of carboxylic acids is 1. The SMILES string of the molecule is Cc1nc2cc(CNCC3(C(=O)O)CC3)ccc2o1. The molecular formula is C14H16N2O3. The van der Waals surface area contributed by atoms with Crippen LogP contribution in [0.3, 0.4) is 0 Å². The lowest BCUT2D eigenvalue weighted by atomic mass is 10.1. The van der Waals surface area contributed by atoms with Crippen LogP contribution in [0.15, 0.2) is 22.6 Å². The third kappa shape index (κ3) is 2.33. The molecule has 1 aliphatic rings. The Balaban J connectivity index is 1.64. The van der Waals surface area contributed by atoms with Crippen LogP contribution in [0.25, 0.3) is 11.1 Å². The molecule has 2 N–H and O–H groups in total. The molecule has 0 aliphatic heterocycles. The summed E-state index contributed by atoms with van der Waals surface area (Å²) in [7, 11) is 0. The van der Waals surface area contributed by atoms with Crippen LogP contribution in [0.1, 0.15) is 24.3 Å². The monoisotopic (exact) mass is 260 g/mol. The maximum absolute atomic E-state index is 11.0. The Morgan fingerprint density at radius 3 is 3.00 bits per heavy atom. The molecule has 0 spiro atoms. The highest BCUT2D eigenvalue weighted by Gasteiger charge is 2.49. The summed E-state index contributed by atoms with van der Waals surface area (Å²) in [6, 6.07) is 5.84. The van der Waals surface area contributed by atoms with Crippen molar-refractivity contribution in [2.24, 2.45) is 5.41 Å². The second-order valence-corrected chi connectivity index (χ2v) is 5.22. The third-order valence-corrected chi connectivity index (χ3v) is 3.66. The zero-order valence-electron chi connectivity index (χ0n) is 10.8. The summed E-state index contributed by atoms with van der Waals surface area (Å²) in [4.78, 5) is 15.3. The average molecular weight is 260 g/mol. The quantitative estimate of drug-likeness (QED) is 0.861. The zero-order chi connectivity index (χ0) is 13.5. The van der Waals surface area contributed by atoms with E-state index < -0.39 is 11.4 Å². The Morgan fingerprint density at radius 2 is 2.32 bits per heavy atom. The number of carbonyl (C=O) groups is 1. The second-order valence-electron chi connectivity index (χ2n) is 5.22. The van der Waals surface area contributed by atoms with Gasteiger partial charge in [-0.25, -0.2) is 4.98 Å². The highest BCUT2D eigenvalue weighted by atomic mass is 16.4. The van der Waals surface area contributed by atoms with Crippen molar-refractivity contribution in [1.29, 1.82) is 0 Å². The van der Waals surface area contributed by atoms with Crippen LogP contribution >= 0.6 is 0 Å². The lowest BCUT2D eigenvalue weighted by Crippen LogP contribution is -2.29. The van der Waals surface area contributed by atoms with Crippen molar-refractivity contribution in [3.63, 3.8) is 0 Å². The van der Waals surface area contributed by atoms with Crippen LogP contribution in [0.4, 0.5) is 0 Å². The molecule has 19 heavy (non-hydrogen) atoms. The number of nitrogens with one attached hydrogen (secondary N) is 1. The largest absolute Gasteiger partial charge is 0.481 e. The maximum Gasteiger partial charge on any atom is 0.310 e. The van der Waals surface area contributed by atoms with E-state index in [9.17, 15) is 4.79 Å². The summed E-state index contributed by atoms with van der Waals surface area (Å²) in [6.45, 7) is 3.00. The van der Waals surface area contributed by atoms with Gasteiger partial charge < -0.3 is 14.8 Å². The number of aryl methyl sites for hydroxylation is 1. The number of nitrogens with zero attached hydrogens (tertiary/aromatic N) is 1. The number of hydrogen-bond donors (Lipinski definition) is 2. The number of aliphatic carboxylic acids is 1. The molecule has 0 radical (unpaired) electrons. The molecule has 2 aromatic rings. The van der Waals surface area contributed by atoms with Gasteiger partial charge in [0.05, 0.1) is 5.41 Å². The molecule has 1 fully saturated rings. The molecule has 100 valence electrons. The first kappa shape index (κ1) is 12.2. The molecule has 0 saturated heterocycles. The minimum atomic E-state index is -0.692. The van der Waals surface area contributed by atoms with Crippen LogP contribution in [-0.2, 0) is 11.3 Å². The highest BCUT2D eigenvalue weighted by molar-refractivity contribution is 5.78. The Morgan fingerprint density at radius 1 is 1.53 bits per heavy atom. The zero-order valence-corrected chi connectivity index (χ0v) is 10.8. The molecule has 1 heterocycles. The lowest BCUT2D eigenvalue weighted by molar-refractivity contribution is -0.143. The normalized spacial score (nSPS) is 16.7. The van der Waals surface area contributed by atoms with Gasteiger partial charge in [0.2, 0.25) is 0 Å². The number of oxazole rings is 1. The molecular weight excluding hydrogens is 244 g/mol. The standard InChI is InChI=1S/C14H16N2O3/c1-9-16-11-6-10(2-3-12(11)19-9)7-15-8-14(4-5-14)13(17)18/h2-3,6,15H,4-5,7-8H2,1H3,(H,17,18). The van der Waals surface area contributed by atoms with Crippen molar-refractivity contribution in [2.45, 2.75) is 26.3 Å². The van der Waals surface area contributed by atoms with Gasteiger partial charge in [-0.2, -0.15) is 0 Å². The highest BCUT2D eigenvalue weighted by Crippen LogP contribution is 2.45. The molecule has 1 aliphatic carbocycles. The fraction of sp³-hybridized carbons (Fsp3) is 0.429. The predicted molar refractivity (Wildman–Crippen MR) is 69.8 cm³/mol. The van der Waals surface area contributed by atoms with Gasteiger partial charge in [-0.3, -0.25) is 4.79 Å². The first-order chi connectivity index (χ1) is 9.09. The van der Waals surface area contributed by atoms with E-state index in [0.29, 0.717) is 19.0 Å². The first-order valence-electron chi connectivity index (χ1n) is 6.39. The van der Waals surface area contributed by atoms with E-state index in [1.807, 2.05) is 25.1 Å². The summed E-state index contributed by atoms with van der Waals surface area (Å²) in [5.41, 5.74) is 2.19. The van der Waals surface area contributed by atoms with E-state index >= 15 is 0 Å². The molecule has 0 unspecified atom stereocenters. The molecule has 1 aromatic heterocycles. The third-order valence-electron chi connectivity index (χ3n) is 3.66. The van der Waals surface area contributed by atoms with E-state index in [1.165, 1.54) is 0 Å². The minimum absolute atomic E-state index is 0.519. The van der Waals surface area contributed by atoms with Crippen molar-refractivity contribution in [3.8, 4) is 0 Å². The summed E-state index contributed by atoms with van der Waals surface area (Å²) in [6.07, 6.45) is 1.55. The van der Waals surface area contributed by atoms with Crippen LogP contribution in [0.5, 0.6) is 0 Å². The Labute approximate surface area is 110 Å². The van der Waals surface area contributed by atoms with E-state index in [0.717, 1.165) is 29.5 Å². The van der Waals surface area contributed by atoms with E-state index in [-0.39, 0.29) is 0 Å². The molecule has 0 amide bonds. The lowest BCUT2D eigenvalue weighted by Gasteiger charge is -2.10. The number of fused-ring (bicyclic) bond motifs is 1. The summed E-state index contributed by atoms with van der Waals surface area (Å²) < 4.78 is 5.41. The summed E-state index contributed by atoms with van der Waals surface area (Å²) in [5.74, 6) is -0.0366.